The van der Waals surface area contributed by atoms with Crippen molar-refractivity contribution in [1.82, 2.24) is 0 Å². The number of hydrogen-bond acceptors (Lipinski definition) is 3. The highest BCUT2D eigenvalue weighted by atomic mass is 79.9. The molecular weight excluding hydrogens is 304 g/mol. The van der Waals surface area contributed by atoms with Gasteiger partial charge in [0.15, 0.2) is 5.78 Å². The van der Waals surface area contributed by atoms with E-state index in [1.54, 1.807) is 12.1 Å². The number of halogens is 1. The number of benzene rings is 2. The molecule has 19 heavy (non-hydrogen) atoms. The number of ketones is 1. The second-order valence-corrected chi connectivity index (χ2v) is 5.42. The van der Waals surface area contributed by atoms with Crippen molar-refractivity contribution < 1.29 is 4.79 Å². The first-order valence-corrected chi connectivity index (χ1v) is 6.69. The first-order chi connectivity index (χ1) is 8.95. The van der Waals surface area contributed by atoms with Gasteiger partial charge in [-0.25, -0.2) is 0 Å². The zero-order valence-corrected chi connectivity index (χ0v) is 12.4. The van der Waals surface area contributed by atoms with E-state index in [9.17, 15) is 4.79 Å². The number of hydrogen-bond donors (Lipinski definition) is 2. The van der Waals surface area contributed by atoms with Crippen molar-refractivity contribution in [3.8, 4) is 0 Å². The maximum absolute atomic E-state index is 11.3. The molecule has 3 nitrogen and oxygen atoms in total. The summed E-state index contributed by atoms with van der Waals surface area (Å²) in [6.45, 7) is 3.54. The number of rotatable bonds is 3. The smallest absolute Gasteiger partial charge is 0.161 e. The lowest BCUT2D eigenvalue weighted by atomic mass is 10.1. The van der Waals surface area contributed by atoms with Gasteiger partial charge < -0.3 is 11.1 Å². The Bertz CT molecular complexity index is 618. The van der Waals surface area contributed by atoms with Gasteiger partial charge in [-0.1, -0.05) is 15.9 Å². The summed E-state index contributed by atoms with van der Waals surface area (Å²) in [6.07, 6.45) is 0. The third-order valence-electron chi connectivity index (χ3n) is 2.76. The third-order valence-corrected chi connectivity index (χ3v) is 3.22. The molecule has 0 radical (unpaired) electrons. The molecular formula is C15H15BrN2O. The number of nitrogen functional groups attached to an aromatic ring is 1. The topological polar surface area (TPSA) is 55.1 Å². The van der Waals surface area contributed by atoms with Crippen molar-refractivity contribution in [3.05, 3.63) is 52.0 Å². The summed E-state index contributed by atoms with van der Waals surface area (Å²) in [5.74, 6) is -0.0256. The van der Waals surface area contributed by atoms with Crippen LogP contribution in [0.2, 0.25) is 0 Å². The van der Waals surface area contributed by atoms with Gasteiger partial charge >= 0.3 is 0 Å². The molecule has 0 aliphatic heterocycles. The molecule has 0 saturated heterocycles. The molecule has 2 rings (SSSR count). The Hall–Kier alpha value is -1.81. The van der Waals surface area contributed by atoms with Crippen LogP contribution in [0.15, 0.2) is 40.9 Å². The number of anilines is 3. The summed E-state index contributed by atoms with van der Waals surface area (Å²) in [7, 11) is 0. The lowest BCUT2D eigenvalue weighted by molar-refractivity contribution is 0.101. The highest BCUT2D eigenvalue weighted by molar-refractivity contribution is 9.10. The fraction of sp³-hybridized carbons (Fsp3) is 0.133. The van der Waals surface area contributed by atoms with Crippen molar-refractivity contribution in [2.24, 2.45) is 0 Å². The first-order valence-electron chi connectivity index (χ1n) is 5.90. The van der Waals surface area contributed by atoms with E-state index in [-0.39, 0.29) is 5.78 Å². The number of nitrogens with one attached hydrogen (secondary N) is 1. The molecule has 98 valence electrons. The Morgan fingerprint density at radius 2 is 1.89 bits per heavy atom. The molecule has 0 unspecified atom stereocenters. The highest BCUT2D eigenvalue weighted by Gasteiger charge is 2.05. The SMILES string of the molecule is CC(=O)c1ccc(Nc2cc(C)cc(Br)c2)cc1N. The molecule has 4 heteroatoms. The van der Waals surface area contributed by atoms with E-state index in [4.69, 9.17) is 5.73 Å². The summed E-state index contributed by atoms with van der Waals surface area (Å²) >= 11 is 3.46. The van der Waals surface area contributed by atoms with E-state index >= 15 is 0 Å². The van der Waals surface area contributed by atoms with E-state index in [1.165, 1.54) is 6.92 Å². The minimum absolute atomic E-state index is 0.0256. The average Bonchev–Trinajstić information content (AvgIpc) is 2.26. The van der Waals surface area contributed by atoms with Crippen LogP contribution in [-0.2, 0) is 0 Å². The van der Waals surface area contributed by atoms with E-state index in [2.05, 4.69) is 21.2 Å². The van der Waals surface area contributed by atoms with Crippen LogP contribution in [0.25, 0.3) is 0 Å². The van der Waals surface area contributed by atoms with Gasteiger partial charge in [0, 0.05) is 27.1 Å². The molecule has 3 N–H and O–H groups in total. The lowest BCUT2D eigenvalue weighted by Crippen LogP contribution is -2.00. The Balaban J connectivity index is 2.28. The van der Waals surface area contributed by atoms with Gasteiger partial charge in [-0.05, 0) is 55.8 Å². The first kappa shape index (κ1) is 13.6. The summed E-state index contributed by atoms with van der Waals surface area (Å²) in [4.78, 5) is 11.3. The molecule has 0 bridgehead atoms. The lowest BCUT2D eigenvalue weighted by Gasteiger charge is -2.10. The van der Waals surface area contributed by atoms with Crippen molar-refractivity contribution in [3.63, 3.8) is 0 Å². The zero-order chi connectivity index (χ0) is 14.0. The molecule has 0 aliphatic carbocycles. The number of Topliss-reactive ketones (excluding diaryl/α,β-unsaturated/α-hetero) is 1. The van der Waals surface area contributed by atoms with Gasteiger partial charge in [0.05, 0.1) is 0 Å². The maximum atomic E-state index is 11.3. The molecule has 0 saturated carbocycles. The normalized spacial score (nSPS) is 10.3. The third kappa shape index (κ3) is 3.35. The van der Waals surface area contributed by atoms with Crippen molar-refractivity contribution >= 4 is 38.8 Å². The molecule has 0 spiro atoms. The van der Waals surface area contributed by atoms with Gasteiger partial charge in [-0.3, -0.25) is 4.79 Å². The van der Waals surface area contributed by atoms with Gasteiger partial charge in [0.25, 0.3) is 0 Å². The predicted octanol–water partition coefficient (Wildman–Crippen LogP) is 4.29. The van der Waals surface area contributed by atoms with Crippen LogP contribution < -0.4 is 11.1 Å². The number of nitrogens with two attached hydrogens (primary N) is 1. The zero-order valence-electron chi connectivity index (χ0n) is 10.8. The molecule has 0 atom stereocenters. The van der Waals surface area contributed by atoms with Gasteiger partial charge in [0.1, 0.15) is 0 Å². The Morgan fingerprint density at radius 1 is 1.16 bits per heavy atom. The summed E-state index contributed by atoms with van der Waals surface area (Å²) in [6, 6.07) is 11.4. The summed E-state index contributed by atoms with van der Waals surface area (Å²) < 4.78 is 1.02. The maximum Gasteiger partial charge on any atom is 0.161 e. The van der Waals surface area contributed by atoms with E-state index in [1.807, 2.05) is 31.2 Å². The quantitative estimate of drug-likeness (QED) is 0.655. The van der Waals surface area contributed by atoms with Crippen LogP contribution in [-0.4, -0.2) is 5.78 Å². The largest absolute Gasteiger partial charge is 0.398 e. The minimum atomic E-state index is -0.0256. The van der Waals surface area contributed by atoms with Crippen LogP contribution in [0.3, 0.4) is 0 Å². The number of carbonyl (C=O) groups excluding carboxylic acids is 1. The Morgan fingerprint density at radius 3 is 2.47 bits per heavy atom. The Labute approximate surface area is 121 Å². The second-order valence-electron chi connectivity index (χ2n) is 4.50. The van der Waals surface area contributed by atoms with Crippen LogP contribution in [0, 0.1) is 6.92 Å². The number of aryl methyl sites for hydroxylation is 1. The Kier molecular flexibility index (Phi) is 3.90. The van der Waals surface area contributed by atoms with E-state index in [0.29, 0.717) is 11.3 Å². The number of carbonyl (C=O) groups is 1. The van der Waals surface area contributed by atoms with Crippen molar-refractivity contribution in [1.29, 1.82) is 0 Å². The standard InChI is InChI=1S/C15H15BrN2O/c1-9-5-11(16)7-13(6-9)18-12-3-4-14(10(2)19)15(17)8-12/h3-8,18H,17H2,1-2H3. The molecule has 0 aromatic heterocycles. The molecule has 2 aromatic carbocycles. The van der Waals surface area contributed by atoms with Crippen LogP contribution in [0.5, 0.6) is 0 Å². The van der Waals surface area contributed by atoms with Gasteiger partial charge in [-0.2, -0.15) is 0 Å². The van der Waals surface area contributed by atoms with E-state index < -0.39 is 0 Å². The second kappa shape index (κ2) is 5.45. The van der Waals surface area contributed by atoms with Crippen molar-refractivity contribution in [2.45, 2.75) is 13.8 Å². The molecule has 0 heterocycles. The predicted molar refractivity (Wildman–Crippen MR) is 83.0 cm³/mol. The minimum Gasteiger partial charge on any atom is -0.398 e. The fourth-order valence-electron chi connectivity index (χ4n) is 1.94. The highest BCUT2D eigenvalue weighted by Crippen LogP contribution is 2.25. The molecule has 0 fully saturated rings. The molecule has 0 amide bonds. The summed E-state index contributed by atoms with van der Waals surface area (Å²) in [5, 5.41) is 3.27. The van der Waals surface area contributed by atoms with E-state index in [0.717, 1.165) is 21.4 Å². The van der Waals surface area contributed by atoms with Gasteiger partial charge in [-0.15, -0.1) is 0 Å². The fourth-order valence-corrected chi connectivity index (χ4v) is 2.54. The van der Waals surface area contributed by atoms with Gasteiger partial charge in [0.2, 0.25) is 0 Å². The van der Waals surface area contributed by atoms with Crippen LogP contribution >= 0.6 is 15.9 Å². The molecule has 2 aromatic rings. The molecule has 0 aliphatic rings. The van der Waals surface area contributed by atoms with Crippen molar-refractivity contribution in [2.75, 3.05) is 11.1 Å². The van der Waals surface area contributed by atoms with Crippen LogP contribution in [0.1, 0.15) is 22.8 Å². The van der Waals surface area contributed by atoms with Crippen LogP contribution in [0.4, 0.5) is 17.1 Å². The summed E-state index contributed by atoms with van der Waals surface area (Å²) in [5.41, 5.74) is 9.90. The monoisotopic (exact) mass is 318 g/mol. The average molecular weight is 319 g/mol.